The van der Waals surface area contributed by atoms with Gasteiger partial charge in [0.15, 0.2) is 0 Å². The molecule has 4 heteroatoms. The minimum Gasteiger partial charge on any atom is -0.484 e. The van der Waals surface area contributed by atoms with E-state index in [-0.39, 0.29) is 5.60 Å². The summed E-state index contributed by atoms with van der Waals surface area (Å²) < 4.78 is 6.02. The van der Waals surface area contributed by atoms with Gasteiger partial charge in [-0.25, -0.2) is 4.98 Å². The highest BCUT2D eigenvalue weighted by molar-refractivity contribution is 7.13. The first kappa shape index (κ1) is 15.2. The van der Waals surface area contributed by atoms with Crippen LogP contribution < -0.4 is 10.1 Å². The second-order valence-electron chi connectivity index (χ2n) is 6.83. The van der Waals surface area contributed by atoms with E-state index >= 15 is 0 Å². The van der Waals surface area contributed by atoms with Crippen molar-refractivity contribution in [2.45, 2.75) is 26.4 Å². The molecule has 0 aliphatic carbocycles. The predicted octanol–water partition coefficient (Wildman–Crippen LogP) is 5.37. The van der Waals surface area contributed by atoms with Crippen LogP contribution in [-0.4, -0.2) is 17.1 Å². The molecule has 0 atom stereocenters. The smallest absolute Gasteiger partial charge is 0.143 e. The highest BCUT2D eigenvalue weighted by Crippen LogP contribution is 2.37. The molecule has 0 radical (unpaired) electrons. The van der Waals surface area contributed by atoms with Crippen LogP contribution in [0.4, 0.5) is 5.69 Å². The van der Waals surface area contributed by atoms with Crippen LogP contribution in [-0.2, 0) is 0 Å². The highest BCUT2D eigenvalue weighted by atomic mass is 32.1. The Morgan fingerprint density at radius 2 is 1.83 bits per heavy atom. The lowest BCUT2D eigenvalue weighted by atomic mass is 10.1. The largest absolute Gasteiger partial charge is 0.484 e. The van der Waals surface area contributed by atoms with Gasteiger partial charge >= 0.3 is 0 Å². The van der Waals surface area contributed by atoms with E-state index < -0.39 is 0 Å². The van der Waals surface area contributed by atoms with Crippen LogP contribution in [0.5, 0.6) is 5.75 Å². The number of fused-ring (bicyclic) bond motifs is 1. The first-order valence-corrected chi connectivity index (χ1v) is 8.98. The summed E-state index contributed by atoms with van der Waals surface area (Å²) in [5.74, 6) is 0.906. The Morgan fingerprint density at radius 1 is 1.08 bits per heavy atom. The Bertz CT molecular complexity index is 881. The summed E-state index contributed by atoms with van der Waals surface area (Å²) in [5.41, 5.74) is 5.41. The summed E-state index contributed by atoms with van der Waals surface area (Å²) in [7, 11) is 0. The number of ether oxygens (including phenoxy) is 1. The zero-order chi connectivity index (χ0) is 16.7. The van der Waals surface area contributed by atoms with Gasteiger partial charge in [-0.3, -0.25) is 0 Å². The lowest BCUT2D eigenvalue weighted by molar-refractivity contribution is 0.116. The molecule has 3 aromatic rings. The van der Waals surface area contributed by atoms with Gasteiger partial charge < -0.3 is 10.1 Å². The third-order valence-corrected chi connectivity index (χ3v) is 5.06. The average Bonchev–Trinajstić information content (AvgIpc) is 3.04. The number of hydrogen-bond acceptors (Lipinski definition) is 4. The van der Waals surface area contributed by atoms with Crippen LogP contribution in [0.25, 0.3) is 21.8 Å². The molecule has 1 N–H and O–H groups in total. The van der Waals surface area contributed by atoms with E-state index in [4.69, 9.17) is 9.72 Å². The molecule has 3 nitrogen and oxygen atoms in total. The van der Waals surface area contributed by atoms with E-state index in [1.807, 2.05) is 6.07 Å². The quantitative estimate of drug-likeness (QED) is 0.683. The molecule has 0 bridgehead atoms. The van der Waals surface area contributed by atoms with Gasteiger partial charge in [-0.2, -0.15) is 0 Å². The van der Waals surface area contributed by atoms with E-state index in [0.717, 1.165) is 39.8 Å². The van der Waals surface area contributed by atoms with Crippen molar-refractivity contribution in [1.82, 2.24) is 4.98 Å². The average molecular weight is 336 g/mol. The van der Waals surface area contributed by atoms with Crippen LogP contribution in [0.1, 0.15) is 19.4 Å². The zero-order valence-corrected chi connectivity index (χ0v) is 14.9. The van der Waals surface area contributed by atoms with Crippen molar-refractivity contribution >= 4 is 17.0 Å². The third-order valence-electron chi connectivity index (χ3n) is 4.17. The summed E-state index contributed by atoms with van der Waals surface area (Å²) >= 11 is 1.68. The van der Waals surface area contributed by atoms with Crippen molar-refractivity contribution < 1.29 is 4.74 Å². The standard InChI is InChI=1S/C20H20N2OS/c1-13-4-6-14(7-5-13)19-22-17(11-24-19)15-8-9-18-16(10-15)21-12-20(2,3)23-18/h4-11,21H,12H2,1-3H3. The lowest BCUT2D eigenvalue weighted by Crippen LogP contribution is -2.39. The molecule has 1 aliphatic rings. The second kappa shape index (κ2) is 5.64. The molecule has 0 unspecified atom stereocenters. The van der Waals surface area contributed by atoms with Crippen molar-refractivity contribution in [3.8, 4) is 27.6 Å². The normalized spacial score (nSPS) is 15.3. The Hall–Kier alpha value is -2.33. The fraction of sp³-hybridized carbons (Fsp3) is 0.250. The fourth-order valence-corrected chi connectivity index (χ4v) is 3.63. The first-order chi connectivity index (χ1) is 11.5. The number of nitrogens with one attached hydrogen (secondary N) is 1. The van der Waals surface area contributed by atoms with E-state index in [9.17, 15) is 0 Å². The van der Waals surface area contributed by atoms with E-state index in [1.165, 1.54) is 5.56 Å². The predicted molar refractivity (Wildman–Crippen MR) is 101 cm³/mol. The van der Waals surface area contributed by atoms with Gasteiger partial charge in [0.25, 0.3) is 0 Å². The summed E-state index contributed by atoms with van der Waals surface area (Å²) in [6.07, 6.45) is 0. The summed E-state index contributed by atoms with van der Waals surface area (Å²) in [6.45, 7) is 7.08. The number of aromatic nitrogens is 1. The van der Waals surface area contributed by atoms with Crippen LogP contribution in [0.2, 0.25) is 0 Å². The minimum absolute atomic E-state index is 0.173. The fourth-order valence-electron chi connectivity index (χ4n) is 2.79. The minimum atomic E-state index is -0.173. The SMILES string of the molecule is Cc1ccc(-c2nc(-c3ccc4c(c3)NCC(C)(C)O4)cs2)cc1. The molecular weight excluding hydrogens is 316 g/mol. The third kappa shape index (κ3) is 2.89. The van der Waals surface area contributed by atoms with Gasteiger partial charge in [0.1, 0.15) is 16.4 Å². The Labute approximate surface area is 146 Å². The van der Waals surface area contributed by atoms with Crippen molar-refractivity contribution in [3.05, 3.63) is 53.4 Å². The molecule has 1 aliphatic heterocycles. The van der Waals surface area contributed by atoms with Gasteiger partial charge in [0.05, 0.1) is 17.9 Å². The van der Waals surface area contributed by atoms with Gasteiger partial charge in [0.2, 0.25) is 0 Å². The number of nitrogens with zero attached hydrogens (tertiary/aromatic N) is 1. The van der Waals surface area contributed by atoms with Crippen LogP contribution in [0.3, 0.4) is 0 Å². The van der Waals surface area contributed by atoms with Gasteiger partial charge in [0, 0.05) is 16.5 Å². The van der Waals surface area contributed by atoms with Crippen molar-refractivity contribution in [2.24, 2.45) is 0 Å². The van der Waals surface area contributed by atoms with Crippen molar-refractivity contribution in [3.63, 3.8) is 0 Å². The van der Waals surface area contributed by atoms with Crippen molar-refractivity contribution in [1.29, 1.82) is 0 Å². The Balaban J connectivity index is 1.64. The van der Waals surface area contributed by atoms with E-state index in [2.05, 4.69) is 67.9 Å². The monoisotopic (exact) mass is 336 g/mol. The van der Waals surface area contributed by atoms with E-state index in [1.54, 1.807) is 11.3 Å². The van der Waals surface area contributed by atoms with Crippen LogP contribution >= 0.6 is 11.3 Å². The van der Waals surface area contributed by atoms with Crippen LogP contribution in [0, 0.1) is 6.92 Å². The molecular formula is C20H20N2OS. The number of hydrogen-bond donors (Lipinski definition) is 1. The molecule has 0 saturated carbocycles. The van der Waals surface area contributed by atoms with Gasteiger partial charge in [-0.05, 0) is 39.0 Å². The highest BCUT2D eigenvalue weighted by Gasteiger charge is 2.26. The molecule has 1 aromatic heterocycles. The molecule has 0 fully saturated rings. The Morgan fingerprint density at radius 3 is 2.62 bits per heavy atom. The zero-order valence-electron chi connectivity index (χ0n) is 14.1. The lowest BCUT2D eigenvalue weighted by Gasteiger charge is -2.33. The number of thiazole rings is 1. The molecule has 0 spiro atoms. The Kier molecular flexibility index (Phi) is 3.57. The molecule has 0 amide bonds. The molecule has 24 heavy (non-hydrogen) atoms. The number of anilines is 1. The maximum absolute atomic E-state index is 6.02. The topological polar surface area (TPSA) is 34.2 Å². The number of benzene rings is 2. The van der Waals surface area contributed by atoms with Crippen LogP contribution in [0.15, 0.2) is 47.8 Å². The molecule has 2 aromatic carbocycles. The molecule has 122 valence electrons. The number of aryl methyl sites for hydroxylation is 1. The molecule has 2 heterocycles. The van der Waals surface area contributed by atoms with Gasteiger partial charge in [-0.1, -0.05) is 29.8 Å². The maximum atomic E-state index is 6.02. The maximum Gasteiger partial charge on any atom is 0.143 e. The summed E-state index contributed by atoms with van der Waals surface area (Å²) in [6, 6.07) is 14.7. The summed E-state index contributed by atoms with van der Waals surface area (Å²) in [4.78, 5) is 4.81. The number of rotatable bonds is 2. The second-order valence-corrected chi connectivity index (χ2v) is 7.69. The summed E-state index contributed by atoms with van der Waals surface area (Å²) in [5, 5.41) is 6.62. The van der Waals surface area contributed by atoms with Gasteiger partial charge in [-0.15, -0.1) is 11.3 Å². The molecule has 4 rings (SSSR count). The first-order valence-electron chi connectivity index (χ1n) is 8.10. The van der Waals surface area contributed by atoms with Crippen molar-refractivity contribution in [2.75, 3.05) is 11.9 Å². The van der Waals surface area contributed by atoms with E-state index in [0.29, 0.717) is 0 Å². The molecule has 0 saturated heterocycles.